The fourth-order valence-electron chi connectivity index (χ4n) is 1.93. The van der Waals surface area contributed by atoms with Crippen molar-refractivity contribution in [1.82, 2.24) is 4.98 Å². The molecule has 2 aromatic rings. The first-order valence-electron chi connectivity index (χ1n) is 6.81. The van der Waals surface area contributed by atoms with E-state index in [0.717, 1.165) is 22.9 Å². The summed E-state index contributed by atoms with van der Waals surface area (Å²) in [4.78, 5) is 4.37. The quantitative estimate of drug-likeness (QED) is 0.848. The van der Waals surface area contributed by atoms with E-state index in [-0.39, 0.29) is 0 Å². The molecule has 1 aromatic carbocycles. The zero-order chi connectivity index (χ0) is 15.1. The zero-order valence-corrected chi connectivity index (χ0v) is 12.6. The fraction of sp³-hybridized carbons (Fsp3) is 0.312. The van der Waals surface area contributed by atoms with Gasteiger partial charge in [-0.1, -0.05) is 6.07 Å². The number of benzene rings is 1. The summed E-state index contributed by atoms with van der Waals surface area (Å²) in [6.45, 7) is 3.14. The number of methoxy groups -OCH3 is 2. The molecule has 0 saturated carbocycles. The van der Waals surface area contributed by atoms with Crippen LogP contribution in [-0.4, -0.2) is 25.8 Å². The van der Waals surface area contributed by atoms with Gasteiger partial charge in [-0.05, 0) is 25.1 Å². The third-order valence-corrected chi connectivity index (χ3v) is 2.97. The van der Waals surface area contributed by atoms with E-state index in [1.807, 2.05) is 43.3 Å². The number of aromatic nitrogens is 1. The Morgan fingerprint density at radius 1 is 1.10 bits per heavy atom. The Morgan fingerprint density at radius 2 is 1.95 bits per heavy atom. The fourth-order valence-corrected chi connectivity index (χ4v) is 1.93. The summed E-state index contributed by atoms with van der Waals surface area (Å²) in [5.41, 5.74) is 1.03. The highest BCUT2D eigenvalue weighted by Crippen LogP contribution is 2.25. The molecule has 1 aromatic heterocycles. The monoisotopic (exact) mass is 288 g/mol. The molecule has 2 rings (SSSR count). The van der Waals surface area contributed by atoms with E-state index < -0.39 is 0 Å². The van der Waals surface area contributed by atoms with Crippen molar-refractivity contribution in [2.75, 3.05) is 26.1 Å². The second-order valence-electron chi connectivity index (χ2n) is 4.33. The first-order chi connectivity index (χ1) is 10.3. The van der Waals surface area contributed by atoms with Crippen LogP contribution >= 0.6 is 0 Å². The van der Waals surface area contributed by atoms with E-state index in [0.29, 0.717) is 19.0 Å². The summed E-state index contributed by atoms with van der Waals surface area (Å²) in [6, 6.07) is 11.4. The standard InChI is InChI=1S/C16H20N2O3/c1-4-21-16-7-5-6-15(18-16)17-11-12-8-9-13(19-2)10-14(12)20-3/h5-10H,4,11H2,1-3H3,(H,17,18). The summed E-state index contributed by atoms with van der Waals surface area (Å²) >= 11 is 0. The van der Waals surface area contributed by atoms with Gasteiger partial charge in [0.1, 0.15) is 17.3 Å². The zero-order valence-electron chi connectivity index (χ0n) is 12.6. The molecule has 0 unspecified atom stereocenters. The number of rotatable bonds is 7. The minimum absolute atomic E-state index is 0.600. The highest BCUT2D eigenvalue weighted by atomic mass is 16.5. The summed E-state index contributed by atoms with van der Waals surface area (Å²) in [7, 11) is 3.28. The molecule has 21 heavy (non-hydrogen) atoms. The Bertz CT molecular complexity index is 587. The van der Waals surface area contributed by atoms with Crippen LogP contribution in [0, 0.1) is 0 Å². The van der Waals surface area contributed by atoms with Gasteiger partial charge in [-0.15, -0.1) is 0 Å². The topological polar surface area (TPSA) is 52.6 Å². The summed E-state index contributed by atoms with van der Waals surface area (Å²) in [5, 5.41) is 3.26. The number of nitrogens with one attached hydrogen (secondary N) is 1. The lowest BCUT2D eigenvalue weighted by molar-refractivity contribution is 0.327. The van der Waals surface area contributed by atoms with Crippen molar-refractivity contribution in [3.8, 4) is 17.4 Å². The molecule has 0 saturated heterocycles. The minimum atomic E-state index is 0.600. The first-order valence-corrected chi connectivity index (χ1v) is 6.81. The van der Waals surface area contributed by atoms with Crippen molar-refractivity contribution in [3.63, 3.8) is 0 Å². The highest BCUT2D eigenvalue weighted by molar-refractivity contribution is 5.44. The maximum absolute atomic E-state index is 5.38. The van der Waals surface area contributed by atoms with Crippen LogP contribution in [0.5, 0.6) is 17.4 Å². The van der Waals surface area contributed by atoms with Crippen LogP contribution in [0.2, 0.25) is 0 Å². The number of pyridine rings is 1. The maximum atomic E-state index is 5.38. The van der Waals surface area contributed by atoms with E-state index in [4.69, 9.17) is 14.2 Å². The largest absolute Gasteiger partial charge is 0.497 e. The maximum Gasteiger partial charge on any atom is 0.215 e. The van der Waals surface area contributed by atoms with Crippen molar-refractivity contribution in [2.45, 2.75) is 13.5 Å². The predicted molar refractivity (Wildman–Crippen MR) is 82.3 cm³/mol. The lowest BCUT2D eigenvalue weighted by Crippen LogP contribution is -2.04. The normalized spacial score (nSPS) is 10.0. The van der Waals surface area contributed by atoms with E-state index in [9.17, 15) is 0 Å². The van der Waals surface area contributed by atoms with Crippen molar-refractivity contribution in [2.24, 2.45) is 0 Å². The molecular formula is C16H20N2O3. The molecule has 0 fully saturated rings. The number of anilines is 1. The molecule has 0 atom stereocenters. The molecule has 0 aliphatic carbocycles. The molecule has 5 heteroatoms. The molecule has 0 radical (unpaired) electrons. The van der Waals surface area contributed by atoms with E-state index in [1.165, 1.54) is 0 Å². The third kappa shape index (κ3) is 4.02. The number of nitrogens with zero attached hydrogens (tertiary/aromatic N) is 1. The van der Waals surface area contributed by atoms with Gasteiger partial charge in [-0.3, -0.25) is 0 Å². The molecule has 0 aliphatic rings. The lowest BCUT2D eigenvalue weighted by atomic mass is 10.2. The van der Waals surface area contributed by atoms with Crippen LogP contribution < -0.4 is 19.5 Å². The Labute approximate surface area is 124 Å². The van der Waals surface area contributed by atoms with Gasteiger partial charge < -0.3 is 19.5 Å². The molecule has 112 valence electrons. The van der Waals surface area contributed by atoms with Gasteiger partial charge in [0.2, 0.25) is 5.88 Å². The van der Waals surface area contributed by atoms with Gasteiger partial charge in [0.25, 0.3) is 0 Å². The SMILES string of the molecule is CCOc1cccc(NCc2ccc(OC)cc2OC)n1. The van der Waals surface area contributed by atoms with Gasteiger partial charge >= 0.3 is 0 Å². The smallest absolute Gasteiger partial charge is 0.215 e. The third-order valence-electron chi connectivity index (χ3n) is 2.97. The Morgan fingerprint density at radius 3 is 2.67 bits per heavy atom. The number of ether oxygens (including phenoxy) is 3. The van der Waals surface area contributed by atoms with Crippen molar-refractivity contribution in [1.29, 1.82) is 0 Å². The second kappa shape index (κ2) is 7.38. The van der Waals surface area contributed by atoms with Crippen LogP contribution in [-0.2, 0) is 6.54 Å². The Balaban J connectivity index is 2.07. The number of hydrogen-bond donors (Lipinski definition) is 1. The molecule has 1 heterocycles. The van der Waals surface area contributed by atoms with Crippen LogP contribution in [0.15, 0.2) is 36.4 Å². The minimum Gasteiger partial charge on any atom is -0.497 e. The first kappa shape index (κ1) is 15.0. The van der Waals surface area contributed by atoms with Crippen LogP contribution in [0.25, 0.3) is 0 Å². The lowest BCUT2D eigenvalue weighted by Gasteiger charge is -2.12. The molecule has 0 spiro atoms. The molecule has 0 bridgehead atoms. The molecular weight excluding hydrogens is 268 g/mol. The van der Waals surface area contributed by atoms with Crippen molar-refractivity contribution in [3.05, 3.63) is 42.0 Å². The molecule has 0 aliphatic heterocycles. The van der Waals surface area contributed by atoms with Crippen LogP contribution in [0.3, 0.4) is 0 Å². The summed E-state index contributed by atoms with van der Waals surface area (Å²) in [5.74, 6) is 2.93. The van der Waals surface area contributed by atoms with Gasteiger partial charge in [-0.25, -0.2) is 0 Å². The Kier molecular flexibility index (Phi) is 5.26. The number of hydrogen-bond acceptors (Lipinski definition) is 5. The van der Waals surface area contributed by atoms with Gasteiger partial charge in [0, 0.05) is 24.2 Å². The van der Waals surface area contributed by atoms with E-state index >= 15 is 0 Å². The van der Waals surface area contributed by atoms with Gasteiger partial charge in [0.05, 0.1) is 20.8 Å². The van der Waals surface area contributed by atoms with Crippen molar-refractivity contribution >= 4 is 5.82 Å². The molecule has 0 amide bonds. The van der Waals surface area contributed by atoms with Crippen LogP contribution in [0.4, 0.5) is 5.82 Å². The van der Waals surface area contributed by atoms with E-state index in [1.54, 1.807) is 14.2 Å². The van der Waals surface area contributed by atoms with Gasteiger partial charge in [-0.2, -0.15) is 4.98 Å². The molecule has 1 N–H and O–H groups in total. The van der Waals surface area contributed by atoms with Crippen LogP contribution in [0.1, 0.15) is 12.5 Å². The molecule has 5 nitrogen and oxygen atoms in total. The average molecular weight is 288 g/mol. The van der Waals surface area contributed by atoms with Gasteiger partial charge in [0.15, 0.2) is 0 Å². The van der Waals surface area contributed by atoms with E-state index in [2.05, 4.69) is 10.3 Å². The summed E-state index contributed by atoms with van der Waals surface area (Å²) < 4.78 is 15.9. The van der Waals surface area contributed by atoms with Crippen molar-refractivity contribution < 1.29 is 14.2 Å². The highest BCUT2D eigenvalue weighted by Gasteiger charge is 2.05. The second-order valence-corrected chi connectivity index (χ2v) is 4.33. The predicted octanol–water partition coefficient (Wildman–Crippen LogP) is 3.11. The summed E-state index contributed by atoms with van der Waals surface area (Å²) in [6.07, 6.45) is 0. The average Bonchev–Trinajstić information content (AvgIpc) is 2.53. The Hall–Kier alpha value is -2.43.